The lowest BCUT2D eigenvalue weighted by Gasteiger charge is -2.27. The number of amides is 3. The van der Waals surface area contributed by atoms with Crippen LogP contribution in [0.5, 0.6) is 0 Å². The second-order valence-electron chi connectivity index (χ2n) is 7.58. The lowest BCUT2D eigenvalue weighted by molar-refractivity contribution is -0.125. The van der Waals surface area contributed by atoms with Crippen LogP contribution in [0.1, 0.15) is 13.8 Å². The Labute approximate surface area is 188 Å². The summed E-state index contributed by atoms with van der Waals surface area (Å²) >= 11 is 7.58. The number of carbonyl (C=O) groups excluding carboxylic acids is 2. The van der Waals surface area contributed by atoms with Crippen molar-refractivity contribution in [2.24, 2.45) is 0 Å². The number of hydrogen-bond donors (Lipinski definition) is 3. The van der Waals surface area contributed by atoms with Crippen molar-refractivity contribution >= 4 is 46.5 Å². The Kier molecular flexibility index (Phi) is 5.55. The lowest BCUT2D eigenvalue weighted by atomic mass is 10.0. The molecule has 0 radical (unpaired) electrons. The maximum absolute atomic E-state index is 12.0. The van der Waals surface area contributed by atoms with E-state index in [2.05, 4.69) is 15.6 Å². The highest BCUT2D eigenvalue weighted by Gasteiger charge is 2.45. The number of benzene rings is 1. The average molecular weight is 457 g/mol. The normalized spacial score (nSPS) is 15.3. The summed E-state index contributed by atoms with van der Waals surface area (Å²) in [7, 11) is 0. The average Bonchev–Trinajstić information content (AvgIpc) is 3.24. The topological polar surface area (TPSA) is 113 Å². The Morgan fingerprint density at radius 2 is 2.06 bits per heavy atom. The van der Waals surface area contributed by atoms with Crippen LogP contribution < -0.4 is 16.4 Å². The van der Waals surface area contributed by atoms with Crippen molar-refractivity contribution in [3.05, 3.63) is 46.9 Å². The second-order valence-corrected chi connectivity index (χ2v) is 9.30. The molecule has 8 nitrogen and oxygen atoms in total. The minimum atomic E-state index is -0.893. The van der Waals surface area contributed by atoms with Gasteiger partial charge in [-0.1, -0.05) is 23.7 Å². The van der Waals surface area contributed by atoms with Gasteiger partial charge in [-0.05, 0) is 43.7 Å². The quantitative estimate of drug-likeness (QED) is 0.383. The largest absolute Gasteiger partial charge is 0.399 e. The van der Waals surface area contributed by atoms with E-state index >= 15 is 0 Å². The van der Waals surface area contributed by atoms with Crippen LogP contribution in [0.4, 0.5) is 16.4 Å². The van der Waals surface area contributed by atoms with Gasteiger partial charge in [0.2, 0.25) is 5.95 Å². The van der Waals surface area contributed by atoms with Gasteiger partial charge in [0.1, 0.15) is 5.54 Å². The van der Waals surface area contributed by atoms with Crippen LogP contribution in [0.2, 0.25) is 4.34 Å². The van der Waals surface area contributed by atoms with E-state index in [1.807, 2.05) is 36.4 Å². The van der Waals surface area contributed by atoms with Gasteiger partial charge in [0.05, 0.1) is 14.9 Å². The van der Waals surface area contributed by atoms with E-state index in [4.69, 9.17) is 22.3 Å². The third-order valence-electron chi connectivity index (χ3n) is 5.11. The van der Waals surface area contributed by atoms with Crippen LogP contribution in [-0.2, 0) is 4.79 Å². The second kappa shape index (κ2) is 8.16. The molecule has 31 heavy (non-hydrogen) atoms. The summed E-state index contributed by atoms with van der Waals surface area (Å²) in [5, 5.41) is 5.48. The molecule has 1 aliphatic rings. The Bertz CT molecular complexity index is 1160. The van der Waals surface area contributed by atoms with Crippen LogP contribution in [-0.4, -0.2) is 45.4 Å². The fraction of sp³-hybridized carbons (Fsp3) is 0.238. The Morgan fingerprint density at radius 3 is 2.71 bits per heavy atom. The van der Waals surface area contributed by atoms with E-state index in [0.29, 0.717) is 29.1 Å². The number of rotatable bonds is 6. The first-order valence-electron chi connectivity index (χ1n) is 9.61. The van der Waals surface area contributed by atoms with Gasteiger partial charge >= 0.3 is 6.03 Å². The molecule has 3 aromatic rings. The first kappa shape index (κ1) is 21.1. The molecule has 1 saturated heterocycles. The third kappa shape index (κ3) is 4.19. The van der Waals surface area contributed by atoms with Crippen molar-refractivity contribution in [1.82, 2.24) is 20.2 Å². The van der Waals surface area contributed by atoms with Gasteiger partial charge < -0.3 is 16.0 Å². The summed E-state index contributed by atoms with van der Waals surface area (Å²) in [6.45, 7) is 4.13. The first-order chi connectivity index (χ1) is 14.8. The molecule has 0 atom stereocenters. The highest BCUT2D eigenvalue weighted by atomic mass is 35.5. The predicted molar refractivity (Wildman–Crippen MR) is 123 cm³/mol. The van der Waals surface area contributed by atoms with Crippen LogP contribution in [0.3, 0.4) is 0 Å². The monoisotopic (exact) mass is 456 g/mol. The van der Waals surface area contributed by atoms with Crippen molar-refractivity contribution in [2.75, 3.05) is 24.1 Å². The molecule has 0 saturated carbocycles. The summed E-state index contributed by atoms with van der Waals surface area (Å²) in [5.74, 6) is 0.105. The highest BCUT2D eigenvalue weighted by Crippen LogP contribution is 2.37. The maximum Gasteiger partial charge on any atom is 0.325 e. The van der Waals surface area contributed by atoms with E-state index in [0.717, 1.165) is 21.7 Å². The number of hydrogen-bond acceptors (Lipinski definition) is 7. The summed E-state index contributed by atoms with van der Waals surface area (Å²) in [6.07, 6.45) is 1.74. The number of thiophene rings is 1. The summed E-state index contributed by atoms with van der Waals surface area (Å²) in [4.78, 5) is 35.5. The molecule has 4 N–H and O–H groups in total. The van der Waals surface area contributed by atoms with Crippen LogP contribution in [0, 0.1) is 0 Å². The van der Waals surface area contributed by atoms with Crippen LogP contribution in [0.25, 0.3) is 21.7 Å². The number of nitrogens with zero attached hydrogens (tertiary/aromatic N) is 3. The Balaban J connectivity index is 1.58. The Hall–Kier alpha value is -3.17. The minimum Gasteiger partial charge on any atom is -0.399 e. The summed E-state index contributed by atoms with van der Waals surface area (Å²) in [5.41, 5.74) is 8.18. The van der Waals surface area contributed by atoms with Gasteiger partial charge in [0.25, 0.3) is 5.91 Å². The molecule has 0 aliphatic carbocycles. The van der Waals surface area contributed by atoms with Crippen LogP contribution in [0.15, 0.2) is 42.6 Å². The van der Waals surface area contributed by atoms with E-state index in [9.17, 15) is 9.59 Å². The molecule has 3 amide bonds. The minimum absolute atomic E-state index is 0.308. The molecule has 0 bridgehead atoms. The molecular formula is C21H21ClN6O2S. The molecule has 1 aromatic carbocycles. The van der Waals surface area contributed by atoms with E-state index in [1.54, 1.807) is 20.0 Å². The molecule has 0 unspecified atom stereocenters. The van der Waals surface area contributed by atoms with Gasteiger partial charge in [0, 0.05) is 30.5 Å². The third-order valence-corrected chi connectivity index (χ3v) is 6.35. The number of nitrogen functional groups attached to an aromatic ring is 1. The number of anilines is 2. The molecule has 3 heterocycles. The Morgan fingerprint density at radius 1 is 1.26 bits per heavy atom. The van der Waals surface area contributed by atoms with Gasteiger partial charge in [-0.3, -0.25) is 10.1 Å². The molecule has 4 rings (SSSR count). The number of aromatic nitrogens is 2. The first-order valence-corrected chi connectivity index (χ1v) is 10.8. The number of carbonyl (C=O) groups is 2. The van der Waals surface area contributed by atoms with Crippen molar-refractivity contribution in [3.8, 4) is 21.7 Å². The zero-order valence-electron chi connectivity index (χ0n) is 17.0. The lowest BCUT2D eigenvalue weighted by Crippen LogP contribution is -2.46. The fourth-order valence-electron chi connectivity index (χ4n) is 3.37. The fourth-order valence-corrected chi connectivity index (χ4v) is 4.42. The van der Waals surface area contributed by atoms with Gasteiger partial charge in [-0.15, -0.1) is 11.3 Å². The summed E-state index contributed by atoms with van der Waals surface area (Å²) in [6, 6.07) is 10.9. The van der Waals surface area contributed by atoms with Crippen molar-refractivity contribution in [3.63, 3.8) is 0 Å². The SMILES string of the molecule is CC1(C)C(=O)NC(=O)N1CCNc1ncc(-c2cccc(N)c2)c(-c2ccc(Cl)s2)n1. The zero-order chi connectivity index (χ0) is 22.2. The van der Waals surface area contributed by atoms with Crippen LogP contribution >= 0.6 is 22.9 Å². The van der Waals surface area contributed by atoms with Gasteiger partial charge in [0.15, 0.2) is 0 Å². The number of nitrogens with one attached hydrogen (secondary N) is 2. The zero-order valence-corrected chi connectivity index (χ0v) is 18.5. The molecule has 1 aliphatic heterocycles. The number of urea groups is 1. The van der Waals surface area contributed by atoms with E-state index in [1.165, 1.54) is 16.2 Å². The van der Waals surface area contributed by atoms with E-state index < -0.39 is 11.6 Å². The molecular weight excluding hydrogens is 436 g/mol. The standard InChI is InChI=1S/C21H21ClN6O2S/c1-21(2)18(29)27-20(30)28(21)9-8-24-19-25-11-14(12-4-3-5-13(23)10-12)17(26-19)15-6-7-16(22)31-15/h3-7,10-11H,8-9,23H2,1-2H3,(H,24,25,26)(H,27,29,30). The number of imide groups is 1. The molecule has 2 aromatic heterocycles. The smallest absolute Gasteiger partial charge is 0.325 e. The predicted octanol–water partition coefficient (Wildman–Crippen LogP) is 3.85. The van der Waals surface area contributed by atoms with Crippen molar-refractivity contribution < 1.29 is 9.59 Å². The van der Waals surface area contributed by atoms with Crippen molar-refractivity contribution in [2.45, 2.75) is 19.4 Å². The highest BCUT2D eigenvalue weighted by molar-refractivity contribution is 7.19. The summed E-state index contributed by atoms with van der Waals surface area (Å²) < 4.78 is 0.661. The molecule has 0 spiro atoms. The molecule has 10 heteroatoms. The van der Waals surface area contributed by atoms with Gasteiger partial charge in [-0.25, -0.2) is 14.8 Å². The maximum atomic E-state index is 12.0. The van der Waals surface area contributed by atoms with Gasteiger partial charge in [-0.2, -0.15) is 0 Å². The van der Waals surface area contributed by atoms with E-state index in [-0.39, 0.29) is 5.91 Å². The number of halogens is 1. The number of nitrogens with two attached hydrogens (primary N) is 1. The van der Waals surface area contributed by atoms with Crippen molar-refractivity contribution in [1.29, 1.82) is 0 Å². The molecule has 1 fully saturated rings. The molecule has 160 valence electrons.